The molecule has 0 heterocycles. The van der Waals surface area contributed by atoms with Crippen LogP contribution in [0.4, 0.5) is 23.2 Å². The number of hydrogen-bond donors (Lipinski definition) is 2. The summed E-state index contributed by atoms with van der Waals surface area (Å²) in [6.07, 6.45) is -4.68. The molecule has 8 heteroatoms. The zero-order chi connectivity index (χ0) is 18.4. The lowest BCUT2D eigenvalue weighted by Gasteiger charge is -2.13. The first kappa shape index (κ1) is 18.4. The molecule has 4 nitrogen and oxygen atoms in total. The molecule has 0 spiro atoms. The van der Waals surface area contributed by atoms with E-state index in [-0.39, 0.29) is 12.1 Å². The van der Waals surface area contributed by atoms with Crippen molar-refractivity contribution in [3.63, 3.8) is 0 Å². The van der Waals surface area contributed by atoms with Gasteiger partial charge in [0.1, 0.15) is 5.82 Å². The van der Waals surface area contributed by atoms with Crippen molar-refractivity contribution in [3.05, 3.63) is 65.5 Å². The molecule has 0 bridgehead atoms. The van der Waals surface area contributed by atoms with Crippen molar-refractivity contribution in [2.75, 3.05) is 11.9 Å². The van der Waals surface area contributed by atoms with E-state index in [0.29, 0.717) is 5.56 Å². The van der Waals surface area contributed by atoms with E-state index < -0.39 is 35.9 Å². The number of hydrogen-bond acceptors (Lipinski definition) is 2. The summed E-state index contributed by atoms with van der Waals surface area (Å²) >= 11 is 0. The lowest BCUT2D eigenvalue weighted by Crippen LogP contribution is -2.34. The zero-order valence-electron chi connectivity index (χ0n) is 12.9. The molecule has 2 amide bonds. The number of para-hydroxylation sites is 1. The molecule has 0 radical (unpaired) electrons. The SMILES string of the molecule is O=C(Cc1ccc(F)cc1)NCC(=O)Nc1ccccc1C(F)(F)F. The Morgan fingerprint density at radius 2 is 1.56 bits per heavy atom. The highest BCUT2D eigenvalue weighted by molar-refractivity contribution is 5.95. The molecule has 2 aromatic rings. The van der Waals surface area contributed by atoms with Crippen molar-refractivity contribution >= 4 is 17.5 Å². The van der Waals surface area contributed by atoms with E-state index in [0.717, 1.165) is 12.1 Å². The Morgan fingerprint density at radius 3 is 2.20 bits per heavy atom. The zero-order valence-corrected chi connectivity index (χ0v) is 12.9. The van der Waals surface area contributed by atoms with Crippen molar-refractivity contribution in [1.29, 1.82) is 0 Å². The molecule has 0 aromatic heterocycles. The van der Waals surface area contributed by atoms with Crippen molar-refractivity contribution in [1.82, 2.24) is 5.32 Å². The maximum absolute atomic E-state index is 12.8. The predicted molar refractivity (Wildman–Crippen MR) is 83.2 cm³/mol. The maximum atomic E-state index is 12.8. The quantitative estimate of drug-likeness (QED) is 0.811. The molecule has 0 aliphatic heterocycles. The Labute approximate surface area is 140 Å². The van der Waals surface area contributed by atoms with Crippen molar-refractivity contribution in [2.45, 2.75) is 12.6 Å². The van der Waals surface area contributed by atoms with Crippen LogP contribution in [-0.4, -0.2) is 18.4 Å². The molecule has 25 heavy (non-hydrogen) atoms. The Balaban J connectivity index is 1.89. The second kappa shape index (κ2) is 7.78. The van der Waals surface area contributed by atoms with Gasteiger partial charge in [0, 0.05) is 0 Å². The van der Waals surface area contributed by atoms with E-state index in [1.54, 1.807) is 0 Å². The number of carbonyl (C=O) groups is 2. The molecule has 2 aromatic carbocycles. The first-order valence-electron chi connectivity index (χ1n) is 7.23. The lowest BCUT2D eigenvalue weighted by atomic mass is 10.1. The highest BCUT2D eigenvalue weighted by atomic mass is 19.4. The number of benzene rings is 2. The van der Waals surface area contributed by atoms with Gasteiger partial charge in [0.2, 0.25) is 11.8 Å². The Kier molecular flexibility index (Phi) is 5.74. The molecule has 2 rings (SSSR count). The summed E-state index contributed by atoms with van der Waals surface area (Å²) in [7, 11) is 0. The van der Waals surface area contributed by atoms with E-state index in [1.807, 2.05) is 0 Å². The van der Waals surface area contributed by atoms with Crippen LogP contribution in [0.5, 0.6) is 0 Å². The molecule has 0 aliphatic carbocycles. The van der Waals surface area contributed by atoms with Crippen LogP contribution in [-0.2, 0) is 22.2 Å². The summed E-state index contributed by atoms with van der Waals surface area (Å²) in [4.78, 5) is 23.5. The van der Waals surface area contributed by atoms with Crippen LogP contribution in [0.25, 0.3) is 0 Å². The second-order valence-corrected chi connectivity index (χ2v) is 5.17. The van der Waals surface area contributed by atoms with Gasteiger partial charge in [0.05, 0.1) is 24.2 Å². The lowest BCUT2D eigenvalue weighted by molar-refractivity contribution is -0.137. The van der Waals surface area contributed by atoms with E-state index in [4.69, 9.17) is 0 Å². The minimum atomic E-state index is -4.60. The third kappa shape index (κ3) is 5.59. The van der Waals surface area contributed by atoms with Gasteiger partial charge in [-0.3, -0.25) is 9.59 Å². The molecule has 0 saturated carbocycles. The normalized spacial score (nSPS) is 11.0. The Hall–Kier alpha value is -2.90. The largest absolute Gasteiger partial charge is 0.418 e. The van der Waals surface area contributed by atoms with Crippen molar-refractivity contribution in [3.8, 4) is 0 Å². The number of anilines is 1. The standard InChI is InChI=1S/C17H14F4N2O2/c18-12-7-5-11(6-8-12)9-15(24)22-10-16(25)23-14-4-2-1-3-13(14)17(19,20)21/h1-8H,9-10H2,(H,22,24)(H,23,25). The summed E-state index contributed by atoms with van der Waals surface area (Å²) in [5, 5.41) is 4.42. The number of carbonyl (C=O) groups excluding carboxylic acids is 2. The number of alkyl halides is 3. The summed E-state index contributed by atoms with van der Waals surface area (Å²) in [6.45, 7) is -0.480. The van der Waals surface area contributed by atoms with Crippen molar-refractivity contribution < 1.29 is 27.2 Å². The fourth-order valence-corrected chi connectivity index (χ4v) is 2.06. The Bertz CT molecular complexity index is 758. The predicted octanol–water partition coefficient (Wildman–Crippen LogP) is 3.14. The third-order valence-electron chi connectivity index (χ3n) is 3.23. The van der Waals surface area contributed by atoms with Crippen LogP contribution in [0.3, 0.4) is 0 Å². The number of nitrogens with one attached hydrogen (secondary N) is 2. The number of halogens is 4. The molecular formula is C17H14F4N2O2. The number of rotatable bonds is 5. The summed E-state index contributed by atoms with van der Waals surface area (Å²) < 4.78 is 51.3. The molecule has 0 atom stereocenters. The fraction of sp³-hybridized carbons (Fsp3) is 0.176. The van der Waals surface area contributed by atoms with E-state index >= 15 is 0 Å². The van der Waals surface area contributed by atoms with Gasteiger partial charge in [-0.25, -0.2) is 4.39 Å². The van der Waals surface area contributed by atoms with E-state index in [2.05, 4.69) is 10.6 Å². The average molecular weight is 354 g/mol. The molecule has 2 N–H and O–H groups in total. The van der Waals surface area contributed by atoms with Crippen LogP contribution in [0, 0.1) is 5.82 Å². The van der Waals surface area contributed by atoms with Crippen LogP contribution < -0.4 is 10.6 Å². The molecule has 0 unspecified atom stereocenters. The van der Waals surface area contributed by atoms with E-state index in [1.165, 1.54) is 36.4 Å². The minimum absolute atomic E-state index is 0.0767. The van der Waals surface area contributed by atoms with Gasteiger partial charge in [-0.1, -0.05) is 24.3 Å². The first-order valence-corrected chi connectivity index (χ1v) is 7.23. The molecule has 0 fully saturated rings. The van der Waals surface area contributed by atoms with Crippen LogP contribution in [0.15, 0.2) is 48.5 Å². The number of amides is 2. The first-order chi connectivity index (χ1) is 11.8. The summed E-state index contributed by atoms with van der Waals surface area (Å²) in [5.41, 5.74) is -0.810. The molecule has 0 aliphatic rings. The van der Waals surface area contributed by atoms with Gasteiger partial charge in [-0.2, -0.15) is 13.2 Å². The topological polar surface area (TPSA) is 58.2 Å². The van der Waals surface area contributed by atoms with Gasteiger partial charge in [0.15, 0.2) is 0 Å². The molecular weight excluding hydrogens is 340 g/mol. The highest BCUT2D eigenvalue weighted by Gasteiger charge is 2.33. The molecule has 0 saturated heterocycles. The average Bonchev–Trinajstić information content (AvgIpc) is 2.55. The smallest absolute Gasteiger partial charge is 0.347 e. The van der Waals surface area contributed by atoms with Gasteiger partial charge < -0.3 is 10.6 Å². The second-order valence-electron chi connectivity index (χ2n) is 5.17. The third-order valence-corrected chi connectivity index (χ3v) is 3.23. The van der Waals surface area contributed by atoms with Crippen molar-refractivity contribution in [2.24, 2.45) is 0 Å². The van der Waals surface area contributed by atoms with Gasteiger partial charge in [0.25, 0.3) is 0 Å². The maximum Gasteiger partial charge on any atom is 0.418 e. The van der Waals surface area contributed by atoms with Crippen LogP contribution >= 0.6 is 0 Å². The van der Waals surface area contributed by atoms with Gasteiger partial charge in [-0.05, 0) is 29.8 Å². The monoisotopic (exact) mass is 354 g/mol. The van der Waals surface area contributed by atoms with Gasteiger partial charge >= 0.3 is 6.18 Å². The summed E-state index contributed by atoms with van der Waals surface area (Å²) in [5.74, 6) is -1.73. The Morgan fingerprint density at radius 1 is 0.920 bits per heavy atom. The highest BCUT2D eigenvalue weighted by Crippen LogP contribution is 2.34. The fourth-order valence-electron chi connectivity index (χ4n) is 2.06. The molecule has 132 valence electrons. The van der Waals surface area contributed by atoms with Crippen LogP contribution in [0.2, 0.25) is 0 Å². The van der Waals surface area contributed by atoms with Crippen LogP contribution in [0.1, 0.15) is 11.1 Å². The van der Waals surface area contributed by atoms with Gasteiger partial charge in [-0.15, -0.1) is 0 Å². The summed E-state index contributed by atoms with van der Waals surface area (Å²) in [6, 6.07) is 9.79. The van der Waals surface area contributed by atoms with E-state index in [9.17, 15) is 27.2 Å². The minimum Gasteiger partial charge on any atom is -0.347 e.